The second-order valence-electron chi connectivity index (χ2n) is 6.42. The lowest BCUT2D eigenvalue weighted by Crippen LogP contribution is -2.32. The third kappa shape index (κ3) is 3.93. The van der Waals surface area contributed by atoms with Crippen LogP contribution < -0.4 is 10.5 Å². The molecule has 7 heteroatoms. The van der Waals surface area contributed by atoms with Gasteiger partial charge < -0.3 is 15.4 Å². The lowest BCUT2D eigenvalue weighted by molar-refractivity contribution is 0.0793. The van der Waals surface area contributed by atoms with Crippen LogP contribution in [0.25, 0.3) is 10.1 Å². The Morgan fingerprint density at radius 3 is 2.70 bits per heavy atom. The number of fused-ring (bicyclic) bond motifs is 1. The number of nitrogens with two attached hydrogens (primary N) is 1. The van der Waals surface area contributed by atoms with E-state index in [2.05, 4.69) is 0 Å². The highest BCUT2D eigenvalue weighted by atomic mass is 35.5. The molecule has 1 aliphatic rings. The Labute approximate surface area is 167 Å². The fraction of sp³-hybridized carbons (Fsp3) is 0.250. The summed E-state index contributed by atoms with van der Waals surface area (Å²) in [5.41, 5.74) is 6.55. The molecule has 3 aromatic rings. The number of hydrogen-bond acceptors (Lipinski definition) is 4. The third-order valence-corrected chi connectivity index (χ3v) is 5.78. The second-order valence-corrected chi connectivity index (χ2v) is 7.48. The number of para-hydroxylation sites is 1. The quantitative estimate of drug-likeness (QED) is 0.706. The molecule has 2 N–H and O–H groups in total. The molecule has 142 valence electrons. The molecule has 2 aromatic carbocycles. The number of carbonyl (C=O) groups excluding carboxylic acids is 1. The van der Waals surface area contributed by atoms with Crippen molar-refractivity contribution in [3.05, 3.63) is 64.8 Å². The summed E-state index contributed by atoms with van der Waals surface area (Å²) in [7, 11) is 0. The number of ether oxygens (including phenoxy) is 1. The van der Waals surface area contributed by atoms with Gasteiger partial charge in [0.1, 0.15) is 18.2 Å². The molecule has 27 heavy (non-hydrogen) atoms. The Bertz CT molecular complexity index is 948. The van der Waals surface area contributed by atoms with E-state index < -0.39 is 0 Å². The van der Waals surface area contributed by atoms with Crippen molar-refractivity contribution in [3.8, 4) is 5.75 Å². The largest absolute Gasteiger partial charge is 0.489 e. The molecule has 1 aromatic heterocycles. The predicted octanol–water partition coefficient (Wildman–Crippen LogP) is 4.21. The molecule has 1 amide bonds. The number of benzene rings is 2. The van der Waals surface area contributed by atoms with Crippen LogP contribution in [0.2, 0.25) is 0 Å². The minimum atomic E-state index is -0.331. The molecule has 0 aliphatic carbocycles. The summed E-state index contributed by atoms with van der Waals surface area (Å²) in [5, 5.41) is 0.472. The first-order valence-electron chi connectivity index (χ1n) is 8.56. The van der Waals surface area contributed by atoms with Crippen molar-refractivity contribution in [1.29, 1.82) is 0 Å². The van der Waals surface area contributed by atoms with E-state index in [9.17, 15) is 9.18 Å². The van der Waals surface area contributed by atoms with Gasteiger partial charge in [-0.2, -0.15) is 0 Å². The van der Waals surface area contributed by atoms with Gasteiger partial charge >= 0.3 is 0 Å². The first-order chi connectivity index (χ1) is 12.6. The van der Waals surface area contributed by atoms with E-state index >= 15 is 0 Å². The van der Waals surface area contributed by atoms with E-state index in [0.29, 0.717) is 34.7 Å². The molecule has 1 saturated heterocycles. The lowest BCUT2D eigenvalue weighted by Gasteiger charge is -2.16. The maximum atomic E-state index is 14.5. The Morgan fingerprint density at radius 2 is 2.00 bits per heavy atom. The summed E-state index contributed by atoms with van der Waals surface area (Å²) in [6, 6.07) is 14.3. The van der Waals surface area contributed by atoms with Crippen molar-refractivity contribution < 1.29 is 13.9 Å². The highest BCUT2D eigenvalue weighted by Crippen LogP contribution is 2.35. The molecule has 0 saturated carbocycles. The van der Waals surface area contributed by atoms with Crippen LogP contribution in [0.15, 0.2) is 48.5 Å². The first kappa shape index (κ1) is 19.6. The molecule has 1 fully saturated rings. The average molecular weight is 407 g/mol. The van der Waals surface area contributed by atoms with Crippen molar-refractivity contribution in [3.63, 3.8) is 0 Å². The molecule has 0 radical (unpaired) electrons. The minimum absolute atomic E-state index is 0. The van der Waals surface area contributed by atoms with Crippen molar-refractivity contribution in [2.45, 2.75) is 19.1 Å². The molecule has 0 bridgehead atoms. The monoisotopic (exact) mass is 406 g/mol. The highest BCUT2D eigenvalue weighted by Gasteiger charge is 2.29. The molecule has 4 nitrogen and oxygen atoms in total. The van der Waals surface area contributed by atoms with Gasteiger partial charge in [0.2, 0.25) is 0 Å². The molecule has 0 unspecified atom stereocenters. The maximum absolute atomic E-state index is 14.5. The summed E-state index contributed by atoms with van der Waals surface area (Å²) in [6.45, 7) is 1.32. The van der Waals surface area contributed by atoms with Crippen LogP contribution in [0.3, 0.4) is 0 Å². The van der Waals surface area contributed by atoms with Gasteiger partial charge in [0.15, 0.2) is 0 Å². The maximum Gasteiger partial charge on any atom is 0.264 e. The number of likely N-dealkylation sites (tertiary alicyclic amines) is 1. The summed E-state index contributed by atoms with van der Waals surface area (Å²) < 4.78 is 21.1. The van der Waals surface area contributed by atoms with Gasteiger partial charge in [-0.1, -0.05) is 24.3 Å². The Balaban J connectivity index is 0.00000210. The van der Waals surface area contributed by atoms with E-state index in [1.54, 1.807) is 11.0 Å². The zero-order chi connectivity index (χ0) is 18.1. The third-order valence-electron chi connectivity index (χ3n) is 4.60. The van der Waals surface area contributed by atoms with Gasteiger partial charge in [-0.3, -0.25) is 4.79 Å². The summed E-state index contributed by atoms with van der Waals surface area (Å²) in [5.74, 6) is 0.262. The van der Waals surface area contributed by atoms with E-state index in [0.717, 1.165) is 11.1 Å². The van der Waals surface area contributed by atoms with Crippen LogP contribution in [0, 0.1) is 5.82 Å². The molecule has 1 aliphatic heterocycles. The molecule has 2 heterocycles. The molecule has 1 atom stereocenters. The van der Waals surface area contributed by atoms with E-state index in [-0.39, 0.29) is 36.8 Å². The first-order valence-corrected chi connectivity index (χ1v) is 9.37. The van der Waals surface area contributed by atoms with E-state index in [1.807, 2.05) is 36.4 Å². The van der Waals surface area contributed by atoms with E-state index in [4.69, 9.17) is 10.5 Å². The van der Waals surface area contributed by atoms with Crippen LogP contribution in [-0.2, 0) is 6.61 Å². The zero-order valence-electron chi connectivity index (χ0n) is 14.6. The number of thiophene rings is 1. The van der Waals surface area contributed by atoms with Crippen molar-refractivity contribution >= 4 is 39.7 Å². The molecule has 4 rings (SSSR count). The van der Waals surface area contributed by atoms with Crippen molar-refractivity contribution in [2.75, 3.05) is 13.1 Å². The van der Waals surface area contributed by atoms with Crippen molar-refractivity contribution in [1.82, 2.24) is 4.90 Å². The van der Waals surface area contributed by atoms with Gasteiger partial charge in [0, 0.05) is 34.8 Å². The second kappa shape index (κ2) is 8.25. The van der Waals surface area contributed by atoms with Crippen LogP contribution in [0.5, 0.6) is 5.75 Å². The number of rotatable bonds is 4. The number of nitrogens with zero attached hydrogens (tertiary/aromatic N) is 1. The van der Waals surface area contributed by atoms with Crippen LogP contribution >= 0.6 is 23.7 Å². The van der Waals surface area contributed by atoms with Gasteiger partial charge in [-0.25, -0.2) is 4.39 Å². The van der Waals surface area contributed by atoms with Crippen LogP contribution in [0.1, 0.15) is 21.7 Å². The normalized spacial score (nSPS) is 16.4. The number of carbonyl (C=O) groups is 1. The Morgan fingerprint density at radius 1 is 1.22 bits per heavy atom. The van der Waals surface area contributed by atoms with Crippen molar-refractivity contribution in [2.24, 2.45) is 5.73 Å². The fourth-order valence-electron chi connectivity index (χ4n) is 3.27. The molecular weight excluding hydrogens is 387 g/mol. The number of amides is 1. The summed E-state index contributed by atoms with van der Waals surface area (Å²) >= 11 is 1.32. The van der Waals surface area contributed by atoms with Crippen LogP contribution in [-0.4, -0.2) is 29.9 Å². The van der Waals surface area contributed by atoms with E-state index in [1.165, 1.54) is 17.4 Å². The predicted molar refractivity (Wildman–Crippen MR) is 108 cm³/mol. The number of hydrogen-bond donors (Lipinski definition) is 1. The SMILES string of the molecule is Cl.N[C@@H]1CCN(C(=O)c2sc3cccc(F)c3c2COc2ccccc2)C1. The fourth-order valence-corrected chi connectivity index (χ4v) is 4.46. The summed E-state index contributed by atoms with van der Waals surface area (Å²) in [4.78, 5) is 15.3. The number of halogens is 2. The summed E-state index contributed by atoms with van der Waals surface area (Å²) in [6.07, 6.45) is 0.793. The Hall–Kier alpha value is -2.15. The minimum Gasteiger partial charge on any atom is -0.489 e. The Kier molecular flexibility index (Phi) is 5.99. The van der Waals surface area contributed by atoms with Crippen LogP contribution in [0.4, 0.5) is 4.39 Å². The average Bonchev–Trinajstić information content (AvgIpc) is 3.25. The zero-order valence-corrected chi connectivity index (χ0v) is 16.2. The van der Waals surface area contributed by atoms with Gasteiger partial charge in [0.05, 0.1) is 4.88 Å². The van der Waals surface area contributed by atoms with Gasteiger partial charge in [0.25, 0.3) is 5.91 Å². The molecular formula is C20H20ClFN2O2S. The smallest absolute Gasteiger partial charge is 0.264 e. The highest BCUT2D eigenvalue weighted by molar-refractivity contribution is 7.21. The lowest BCUT2D eigenvalue weighted by atomic mass is 10.1. The van der Waals surface area contributed by atoms with Gasteiger partial charge in [-0.05, 0) is 30.7 Å². The standard InChI is InChI=1S/C20H19FN2O2S.ClH/c21-16-7-4-8-17-18(16)15(12-25-14-5-2-1-3-6-14)19(26-17)20(24)23-10-9-13(22)11-23;/h1-8,13H,9-12,22H2;1H/t13-;/m1./s1. The topological polar surface area (TPSA) is 55.6 Å². The van der Waals surface area contributed by atoms with Gasteiger partial charge in [-0.15, -0.1) is 23.7 Å². The molecule has 0 spiro atoms.